The molecule has 0 bridgehead atoms. The predicted molar refractivity (Wildman–Crippen MR) is 118 cm³/mol. The molecule has 0 aromatic heterocycles. The van der Waals surface area contributed by atoms with E-state index in [-0.39, 0.29) is 10.8 Å². The summed E-state index contributed by atoms with van der Waals surface area (Å²) in [6.45, 7) is 4.83. The molecule has 7 nitrogen and oxygen atoms in total. The highest BCUT2D eigenvalue weighted by molar-refractivity contribution is 9.10. The molecule has 2 aromatic carbocycles. The third-order valence-electron chi connectivity index (χ3n) is 4.34. The van der Waals surface area contributed by atoms with Crippen LogP contribution < -0.4 is 10.0 Å². The molecule has 0 saturated carbocycles. The summed E-state index contributed by atoms with van der Waals surface area (Å²) >= 11 is 3.25. The Kier molecular flexibility index (Phi) is 8.57. The smallest absolute Gasteiger partial charge is 0.324 e. The van der Waals surface area contributed by atoms with Gasteiger partial charge in [0.25, 0.3) is 5.91 Å². The number of benzene rings is 2. The monoisotopic (exact) mass is 496 g/mol. The Morgan fingerprint density at radius 1 is 1.07 bits per heavy atom. The zero-order valence-corrected chi connectivity index (χ0v) is 19.4. The maximum Gasteiger partial charge on any atom is 0.324 e. The van der Waals surface area contributed by atoms with Gasteiger partial charge in [0, 0.05) is 10.2 Å². The van der Waals surface area contributed by atoms with Gasteiger partial charge < -0.3 is 10.1 Å². The summed E-state index contributed by atoms with van der Waals surface area (Å²) in [5.41, 5.74) is 1.61. The van der Waals surface area contributed by atoms with Crippen LogP contribution in [0.2, 0.25) is 0 Å². The molecule has 30 heavy (non-hydrogen) atoms. The van der Waals surface area contributed by atoms with Gasteiger partial charge >= 0.3 is 5.97 Å². The Labute approximate surface area is 185 Å². The van der Waals surface area contributed by atoms with Crippen LogP contribution in [0.5, 0.6) is 0 Å². The molecule has 0 unspecified atom stereocenters. The van der Waals surface area contributed by atoms with Gasteiger partial charge in [0.2, 0.25) is 10.0 Å². The normalized spacial score (nSPS) is 12.4. The van der Waals surface area contributed by atoms with Crippen LogP contribution in [0.1, 0.15) is 26.3 Å². The van der Waals surface area contributed by atoms with Crippen molar-refractivity contribution in [1.82, 2.24) is 4.72 Å². The maximum absolute atomic E-state index is 12.6. The van der Waals surface area contributed by atoms with Crippen molar-refractivity contribution >= 4 is 43.5 Å². The van der Waals surface area contributed by atoms with Crippen LogP contribution in [0.25, 0.3) is 0 Å². The summed E-state index contributed by atoms with van der Waals surface area (Å²) in [5.74, 6) is -1.70. The van der Waals surface area contributed by atoms with Crippen LogP contribution >= 0.6 is 15.9 Å². The average molecular weight is 497 g/mol. The molecule has 0 aliphatic heterocycles. The van der Waals surface area contributed by atoms with Gasteiger partial charge in [0.15, 0.2) is 6.61 Å². The highest BCUT2D eigenvalue weighted by atomic mass is 79.9. The van der Waals surface area contributed by atoms with Crippen molar-refractivity contribution in [3.05, 3.63) is 58.6 Å². The van der Waals surface area contributed by atoms with E-state index in [2.05, 4.69) is 26.0 Å². The molecular formula is C21H25BrN2O5S. The summed E-state index contributed by atoms with van der Waals surface area (Å²) in [5, 5.41) is 2.71. The number of rotatable bonds is 9. The van der Waals surface area contributed by atoms with Gasteiger partial charge in [0.05, 0.1) is 4.90 Å². The minimum Gasteiger partial charge on any atom is -0.454 e. The van der Waals surface area contributed by atoms with Crippen molar-refractivity contribution in [2.75, 3.05) is 11.9 Å². The quantitative estimate of drug-likeness (QED) is 0.517. The van der Waals surface area contributed by atoms with Gasteiger partial charge in [-0.15, -0.1) is 0 Å². The number of aryl methyl sites for hydroxylation is 1. The number of para-hydroxylation sites is 1. The Balaban J connectivity index is 2.01. The van der Waals surface area contributed by atoms with Crippen LogP contribution in [0.15, 0.2) is 57.9 Å². The number of halogens is 1. The van der Waals surface area contributed by atoms with E-state index in [1.807, 2.05) is 19.1 Å². The standard InChI is InChI=1S/C21H25BrN2O5S/c1-4-15-7-5-6-8-18(15)23-19(25)13-29-21(26)20(14(2)3)24-30(27,28)17-11-9-16(22)10-12-17/h5-12,14,20,24H,4,13H2,1-3H3,(H,23,25)/t20-/m0/s1. The van der Waals surface area contributed by atoms with Crippen molar-refractivity contribution in [2.24, 2.45) is 5.92 Å². The van der Waals surface area contributed by atoms with E-state index in [0.29, 0.717) is 5.69 Å². The number of anilines is 1. The molecule has 0 saturated heterocycles. The first kappa shape index (κ1) is 24.0. The molecule has 2 rings (SSSR count). The Bertz CT molecular complexity index is 991. The van der Waals surface area contributed by atoms with E-state index in [4.69, 9.17) is 4.74 Å². The number of carbonyl (C=O) groups is 2. The number of hydrogen-bond acceptors (Lipinski definition) is 5. The third-order valence-corrected chi connectivity index (χ3v) is 6.33. The summed E-state index contributed by atoms with van der Waals surface area (Å²) in [6, 6.07) is 12.2. The Morgan fingerprint density at radius 2 is 1.70 bits per heavy atom. The van der Waals surface area contributed by atoms with Gasteiger partial charge in [-0.2, -0.15) is 4.72 Å². The van der Waals surface area contributed by atoms with Crippen molar-refractivity contribution in [2.45, 2.75) is 38.1 Å². The zero-order valence-electron chi connectivity index (χ0n) is 17.0. The Hall–Kier alpha value is -2.23. The minimum absolute atomic E-state index is 0.0260. The summed E-state index contributed by atoms with van der Waals surface area (Å²) in [6.07, 6.45) is 0.740. The predicted octanol–water partition coefficient (Wildman–Crippen LogP) is 3.50. The first-order valence-electron chi connectivity index (χ1n) is 9.46. The molecule has 0 spiro atoms. The van der Waals surface area contributed by atoms with Gasteiger partial charge in [-0.3, -0.25) is 9.59 Å². The summed E-state index contributed by atoms with van der Waals surface area (Å²) in [4.78, 5) is 24.7. The number of esters is 1. The average Bonchev–Trinajstić information content (AvgIpc) is 2.71. The molecule has 2 aromatic rings. The van der Waals surface area contributed by atoms with Crippen molar-refractivity contribution < 1.29 is 22.7 Å². The summed E-state index contributed by atoms with van der Waals surface area (Å²) in [7, 11) is -3.93. The number of hydrogen-bond donors (Lipinski definition) is 2. The number of sulfonamides is 1. The highest BCUT2D eigenvalue weighted by Gasteiger charge is 2.30. The maximum atomic E-state index is 12.6. The first-order valence-corrected chi connectivity index (χ1v) is 11.7. The molecule has 9 heteroatoms. The van der Waals surface area contributed by atoms with E-state index in [1.54, 1.807) is 38.1 Å². The number of nitrogens with one attached hydrogen (secondary N) is 2. The topological polar surface area (TPSA) is 102 Å². The van der Waals surface area contributed by atoms with Crippen LogP contribution in [0, 0.1) is 5.92 Å². The highest BCUT2D eigenvalue weighted by Crippen LogP contribution is 2.17. The lowest BCUT2D eigenvalue weighted by molar-refractivity contribution is -0.150. The molecule has 1 amide bonds. The van der Waals surface area contributed by atoms with E-state index in [9.17, 15) is 18.0 Å². The SMILES string of the molecule is CCc1ccccc1NC(=O)COC(=O)[C@@H](NS(=O)(=O)c1ccc(Br)cc1)C(C)C. The second-order valence-electron chi connectivity index (χ2n) is 6.96. The zero-order chi connectivity index (χ0) is 22.3. The van der Waals surface area contributed by atoms with Gasteiger partial charge in [0.1, 0.15) is 6.04 Å². The second-order valence-corrected chi connectivity index (χ2v) is 9.59. The fraction of sp³-hybridized carbons (Fsp3) is 0.333. The van der Waals surface area contributed by atoms with Crippen molar-refractivity contribution in [3.63, 3.8) is 0 Å². The van der Waals surface area contributed by atoms with Crippen LogP contribution in [0.4, 0.5) is 5.69 Å². The largest absolute Gasteiger partial charge is 0.454 e. The van der Waals surface area contributed by atoms with E-state index >= 15 is 0 Å². The molecular weight excluding hydrogens is 472 g/mol. The molecule has 162 valence electrons. The molecule has 0 aliphatic carbocycles. The number of carbonyl (C=O) groups excluding carboxylic acids is 2. The molecule has 2 N–H and O–H groups in total. The fourth-order valence-corrected chi connectivity index (χ4v) is 4.27. The van der Waals surface area contributed by atoms with Crippen molar-refractivity contribution in [3.8, 4) is 0 Å². The molecule has 0 radical (unpaired) electrons. The first-order chi connectivity index (χ1) is 14.1. The molecule has 0 heterocycles. The third kappa shape index (κ3) is 6.65. The van der Waals surface area contributed by atoms with Gasteiger partial charge in [-0.25, -0.2) is 8.42 Å². The van der Waals surface area contributed by atoms with Crippen LogP contribution in [0.3, 0.4) is 0 Å². The van der Waals surface area contributed by atoms with Crippen LogP contribution in [-0.4, -0.2) is 32.9 Å². The van der Waals surface area contributed by atoms with Crippen molar-refractivity contribution in [1.29, 1.82) is 0 Å². The number of ether oxygens (including phenoxy) is 1. The lowest BCUT2D eigenvalue weighted by Gasteiger charge is -2.21. The lowest BCUT2D eigenvalue weighted by atomic mass is 10.1. The van der Waals surface area contributed by atoms with Crippen LogP contribution in [-0.2, 0) is 30.8 Å². The fourth-order valence-electron chi connectivity index (χ4n) is 2.67. The Morgan fingerprint density at radius 3 is 2.30 bits per heavy atom. The van der Waals surface area contributed by atoms with E-state index in [0.717, 1.165) is 16.5 Å². The molecule has 0 aliphatic rings. The molecule has 0 fully saturated rings. The van der Waals surface area contributed by atoms with E-state index < -0.39 is 34.5 Å². The minimum atomic E-state index is -3.93. The summed E-state index contributed by atoms with van der Waals surface area (Å²) < 4.78 is 33.4. The second kappa shape index (κ2) is 10.7. The van der Waals surface area contributed by atoms with Gasteiger partial charge in [-0.05, 0) is 48.2 Å². The number of amides is 1. The lowest BCUT2D eigenvalue weighted by Crippen LogP contribution is -2.45. The van der Waals surface area contributed by atoms with Gasteiger partial charge in [-0.1, -0.05) is 54.9 Å². The molecule has 1 atom stereocenters. The van der Waals surface area contributed by atoms with E-state index in [1.165, 1.54) is 12.1 Å².